The highest BCUT2D eigenvalue weighted by Crippen LogP contribution is 2.12. The molecule has 1 aromatic rings. The summed E-state index contributed by atoms with van der Waals surface area (Å²) < 4.78 is 5.38. The lowest BCUT2D eigenvalue weighted by atomic mass is 10.3. The first kappa shape index (κ1) is 16.0. The van der Waals surface area contributed by atoms with Crippen LogP contribution in [-0.2, 0) is 4.74 Å². The van der Waals surface area contributed by atoms with Gasteiger partial charge in [0.2, 0.25) is 0 Å². The van der Waals surface area contributed by atoms with Gasteiger partial charge in [-0.1, -0.05) is 6.92 Å². The van der Waals surface area contributed by atoms with E-state index in [2.05, 4.69) is 39.3 Å². The molecule has 1 aliphatic heterocycles. The maximum Gasteiger partial charge on any atom is 0.132 e. The van der Waals surface area contributed by atoms with Crippen LogP contribution in [0.25, 0.3) is 0 Å². The van der Waals surface area contributed by atoms with Crippen LogP contribution in [0.1, 0.15) is 26.1 Å². The van der Waals surface area contributed by atoms with E-state index in [1.807, 2.05) is 13.0 Å². The van der Waals surface area contributed by atoms with Gasteiger partial charge in [0.1, 0.15) is 17.5 Å². The number of ether oxygens (including phenoxy) is 1. The van der Waals surface area contributed by atoms with Crippen molar-refractivity contribution in [2.24, 2.45) is 0 Å². The molecular weight excluding hydrogens is 266 g/mol. The van der Waals surface area contributed by atoms with Crippen molar-refractivity contribution in [3.63, 3.8) is 0 Å². The van der Waals surface area contributed by atoms with Gasteiger partial charge < -0.3 is 15.4 Å². The summed E-state index contributed by atoms with van der Waals surface area (Å²) in [7, 11) is 0. The Labute approximate surface area is 127 Å². The molecule has 6 heteroatoms. The van der Waals surface area contributed by atoms with Crippen LogP contribution in [0.3, 0.4) is 0 Å². The molecule has 2 heterocycles. The molecule has 1 fully saturated rings. The Balaban J connectivity index is 1.89. The molecule has 0 amide bonds. The molecule has 118 valence electrons. The topological polar surface area (TPSA) is 62.3 Å². The van der Waals surface area contributed by atoms with Gasteiger partial charge in [-0.15, -0.1) is 0 Å². The summed E-state index contributed by atoms with van der Waals surface area (Å²) in [4.78, 5) is 11.3. The summed E-state index contributed by atoms with van der Waals surface area (Å²) in [6.07, 6.45) is 1.08. The fourth-order valence-corrected chi connectivity index (χ4v) is 2.45. The molecule has 0 aromatic carbocycles. The SMILES string of the molecule is CCCNc1cc(NC(C)CN2CCOCC2)nc(C)n1. The predicted molar refractivity (Wildman–Crippen MR) is 85.9 cm³/mol. The van der Waals surface area contributed by atoms with Crippen molar-refractivity contribution in [3.05, 3.63) is 11.9 Å². The Hall–Kier alpha value is -1.40. The van der Waals surface area contributed by atoms with Gasteiger partial charge in [0.25, 0.3) is 0 Å². The average Bonchev–Trinajstić information content (AvgIpc) is 2.45. The van der Waals surface area contributed by atoms with Crippen LogP contribution in [0.5, 0.6) is 0 Å². The summed E-state index contributed by atoms with van der Waals surface area (Å²) in [5.41, 5.74) is 0. The second-order valence-electron chi connectivity index (χ2n) is 5.57. The Bertz CT molecular complexity index is 434. The number of rotatable bonds is 7. The minimum absolute atomic E-state index is 0.344. The minimum Gasteiger partial charge on any atom is -0.379 e. The summed E-state index contributed by atoms with van der Waals surface area (Å²) in [6, 6.07) is 2.33. The third-order valence-corrected chi connectivity index (χ3v) is 3.42. The molecule has 1 aliphatic rings. The van der Waals surface area contributed by atoms with E-state index in [-0.39, 0.29) is 0 Å². The molecular formula is C15H27N5O. The highest BCUT2D eigenvalue weighted by Gasteiger charge is 2.14. The molecule has 2 rings (SSSR count). The van der Waals surface area contributed by atoms with Crippen molar-refractivity contribution in [2.75, 3.05) is 50.0 Å². The largest absolute Gasteiger partial charge is 0.379 e. The third kappa shape index (κ3) is 5.47. The Kier molecular flexibility index (Phi) is 6.20. The third-order valence-electron chi connectivity index (χ3n) is 3.42. The van der Waals surface area contributed by atoms with Crippen LogP contribution in [0.2, 0.25) is 0 Å². The lowest BCUT2D eigenvalue weighted by molar-refractivity contribution is 0.0368. The van der Waals surface area contributed by atoms with Gasteiger partial charge in [-0.3, -0.25) is 4.90 Å². The lowest BCUT2D eigenvalue weighted by Crippen LogP contribution is -2.42. The molecule has 2 N–H and O–H groups in total. The molecule has 21 heavy (non-hydrogen) atoms. The molecule has 0 bridgehead atoms. The number of anilines is 2. The smallest absolute Gasteiger partial charge is 0.132 e. The first-order valence-electron chi connectivity index (χ1n) is 7.83. The standard InChI is InChI=1S/C15H27N5O/c1-4-5-16-14-10-15(19-13(3)18-14)17-12(2)11-20-6-8-21-9-7-20/h10,12H,4-9,11H2,1-3H3,(H2,16,17,18,19). The van der Waals surface area contributed by atoms with E-state index in [0.717, 1.165) is 63.3 Å². The average molecular weight is 293 g/mol. The maximum atomic E-state index is 5.38. The van der Waals surface area contributed by atoms with Crippen molar-refractivity contribution in [3.8, 4) is 0 Å². The zero-order valence-corrected chi connectivity index (χ0v) is 13.4. The summed E-state index contributed by atoms with van der Waals surface area (Å²) in [6.45, 7) is 11.9. The van der Waals surface area contributed by atoms with Gasteiger partial charge in [0, 0.05) is 38.3 Å². The predicted octanol–water partition coefficient (Wildman–Crippen LogP) is 1.74. The van der Waals surface area contributed by atoms with E-state index in [1.54, 1.807) is 0 Å². The van der Waals surface area contributed by atoms with Crippen LogP contribution >= 0.6 is 0 Å². The van der Waals surface area contributed by atoms with Crippen molar-refractivity contribution >= 4 is 11.6 Å². The van der Waals surface area contributed by atoms with E-state index in [1.165, 1.54) is 0 Å². The Morgan fingerprint density at radius 2 is 2.00 bits per heavy atom. The van der Waals surface area contributed by atoms with Crippen LogP contribution in [0.15, 0.2) is 6.07 Å². The highest BCUT2D eigenvalue weighted by molar-refractivity contribution is 5.47. The van der Waals surface area contributed by atoms with E-state index in [4.69, 9.17) is 4.74 Å². The zero-order valence-electron chi connectivity index (χ0n) is 13.4. The summed E-state index contributed by atoms with van der Waals surface area (Å²) in [5, 5.41) is 6.79. The molecule has 1 aromatic heterocycles. The van der Waals surface area contributed by atoms with E-state index in [9.17, 15) is 0 Å². The van der Waals surface area contributed by atoms with Crippen molar-refractivity contribution in [1.29, 1.82) is 0 Å². The quantitative estimate of drug-likeness (QED) is 0.798. The monoisotopic (exact) mass is 293 g/mol. The van der Waals surface area contributed by atoms with Gasteiger partial charge in [0.15, 0.2) is 0 Å². The van der Waals surface area contributed by atoms with Crippen LogP contribution < -0.4 is 10.6 Å². The van der Waals surface area contributed by atoms with Crippen LogP contribution in [-0.4, -0.2) is 60.3 Å². The molecule has 0 radical (unpaired) electrons. The summed E-state index contributed by atoms with van der Waals surface area (Å²) >= 11 is 0. The van der Waals surface area contributed by atoms with Crippen molar-refractivity contribution in [1.82, 2.24) is 14.9 Å². The normalized spacial score (nSPS) is 17.5. The van der Waals surface area contributed by atoms with Gasteiger partial charge in [-0.2, -0.15) is 0 Å². The van der Waals surface area contributed by atoms with Crippen molar-refractivity contribution < 1.29 is 4.74 Å². The summed E-state index contributed by atoms with van der Waals surface area (Å²) in [5.74, 6) is 2.57. The first-order chi connectivity index (χ1) is 10.2. The molecule has 1 unspecified atom stereocenters. The molecule has 1 saturated heterocycles. The first-order valence-corrected chi connectivity index (χ1v) is 7.83. The Morgan fingerprint density at radius 1 is 1.29 bits per heavy atom. The number of nitrogens with zero attached hydrogens (tertiary/aromatic N) is 3. The maximum absolute atomic E-state index is 5.38. The van der Waals surface area contributed by atoms with E-state index < -0.39 is 0 Å². The van der Waals surface area contributed by atoms with Gasteiger partial charge in [0.05, 0.1) is 13.2 Å². The van der Waals surface area contributed by atoms with Gasteiger partial charge in [-0.05, 0) is 20.3 Å². The fraction of sp³-hybridized carbons (Fsp3) is 0.733. The number of aryl methyl sites for hydroxylation is 1. The zero-order chi connectivity index (χ0) is 15.1. The number of morpholine rings is 1. The molecule has 6 nitrogen and oxygen atoms in total. The number of nitrogens with one attached hydrogen (secondary N) is 2. The van der Waals surface area contributed by atoms with Crippen LogP contribution in [0.4, 0.5) is 11.6 Å². The molecule has 0 spiro atoms. The second-order valence-corrected chi connectivity index (χ2v) is 5.57. The number of aromatic nitrogens is 2. The Morgan fingerprint density at radius 3 is 2.71 bits per heavy atom. The van der Waals surface area contributed by atoms with E-state index in [0.29, 0.717) is 6.04 Å². The second kappa shape index (κ2) is 8.14. The molecule has 0 saturated carbocycles. The highest BCUT2D eigenvalue weighted by atomic mass is 16.5. The van der Waals surface area contributed by atoms with Gasteiger partial charge in [-0.25, -0.2) is 9.97 Å². The van der Waals surface area contributed by atoms with Crippen molar-refractivity contribution in [2.45, 2.75) is 33.2 Å². The number of hydrogen-bond donors (Lipinski definition) is 2. The molecule has 0 aliphatic carbocycles. The van der Waals surface area contributed by atoms with Gasteiger partial charge >= 0.3 is 0 Å². The minimum atomic E-state index is 0.344. The van der Waals surface area contributed by atoms with E-state index >= 15 is 0 Å². The fourth-order valence-electron chi connectivity index (χ4n) is 2.45. The lowest BCUT2D eigenvalue weighted by Gasteiger charge is -2.29. The van der Waals surface area contributed by atoms with Crippen LogP contribution in [0, 0.1) is 6.92 Å². The number of hydrogen-bond acceptors (Lipinski definition) is 6. The molecule has 1 atom stereocenters.